The number of aryl methyl sites for hydroxylation is 1. The number of carbonyl (C=O) groups is 1. The van der Waals surface area contributed by atoms with E-state index in [0.717, 1.165) is 4.88 Å². The molecule has 8 heteroatoms. The molecule has 0 atom stereocenters. The fraction of sp³-hybridized carbons (Fsp3) is 0.267. The van der Waals surface area contributed by atoms with Gasteiger partial charge in [0.15, 0.2) is 0 Å². The highest BCUT2D eigenvalue weighted by atomic mass is 35.5. The van der Waals surface area contributed by atoms with Gasteiger partial charge in [0.05, 0.1) is 4.90 Å². The van der Waals surface area contributed by atoms with Crippen LogP contribution in [0.2, 0.25) is 5.02 Å². The van der Waals surface area contributed by atoms with E-state index in [9.17, 15) is 13.2 Å². The van der Waals surface area contributed by atoms with E-state index in [1.54, 1.807) is 23.5 Å². The van der Waals surface area contributed by atoms with Crippen molar-refractivity contribution in [2.75, 3.05) is 13.1 Å². The minimum Gasteiger partial charge on any atom is -0.355 e. The molecule has 2 rings (SSSR count). The summed E-state index contributed by atoms with van der Waals surface area (Å²) in [7, 11) is -3.61. The fourth-order valence-corrected chi connectivity index (χ4v) is 3.93. The first-order valence-corrected chi connectivity index (χ1v) is 9.76. The molecular weight excluding hydrogens is 356 g/mol. The molecule has 0 unspecified atom stereocenters. The molecule has 0 saturated carbocycles. The van der Waals surface area contributed by atoms with Crippen molar-refractivity contribution < 1.29 is 13.2 Å². The van der Waals surface area contributed by atoms with Crippen LogP contribution in [0.25, 0.3) is 0 Å². The third-order valence-electron chi connectivity index (χ3n) is 3.02. The van der Waals surface area contributed by atoms with Crippen molar-refractivity contribution in [3.63, 3.8) is 0 Å². The van der Waals surface area contributed by atoms with Crippen LogP contribution in [0.15, 0.2) is 46.7 Å². The molecule has 2 aromatic rings. The molecule has 0 saturated heterocycles. The number of sulfonamides is 1. The van der Waals surface area contributed by atoms with E-state index in [-0.39, 0.29) is 23.9 Å². The second-order valence-corrected chi connectivity index (χ2v) is 8.02. The molecule has 0 fully saturated rings. The summed E-state index contributed by atoms with van der Waals surface area (Å²) in [5.74, 6) is -0.0969. The van der Waals surface area contributed by atoms with E-state index < -0.39 is 10.0 Å². The second kappa shape index (κ2) is 8.44. The van der Waals surface area contributed by atoms with Crippen LogP contribution in [0, 0.1) is 0 Å². The fourth-order valence-electron chi connectivity index (χ4n) is 1.88. The Labute approximate surface area is 144 Å². The Bertz CT molecular complexity index is 746. The summed E-state index contributed by atoms with van der Waals surface area (Å²) in [5.41, 5.74) is 0. The molecule has 0 radical (unpaired) electrons. The normalized spacial score (nSPS) is 11.3. The second-order valence-electron chi connectivity index (χ2n) is 4.78. The third kappa shape index (κ3) is 5.95. The van der Waals surface area contributed by atoms with Gasteiger partial charge in [-0.05, 0) is 36.1 Å². The quantitative estimate of drug-likeness (QED) is 0.699. The number of carbonyl (C=O) groups excluding carboxylic acids is 1. The van der Waals surface area contributed by atoms with E-state index in [4.69, 9.17) is 11.6 Å². The summed E-state index contributed by atoms with van der Waals surface area (Å²) in [6.07, 6.45) is 1.08. The minimum atomic E-state index is -3.61. The van der Waals surface area contributed by atoms with Gasteiger partial charge >= 0.3 is 0 Å². The van der Waals surface area contributed by atoms with E-state index in [2.05, 4.69) is 10.0 Å². The largest absolute Gasteiger partial charge is 0.355 e. The molecule has 1 amide bonds. The standard InChI is InChI=1S/C15H17ClN2O3S2/c16-12-3-1-5-14(11-12)23(20,21)18-9-8-17-15(19)7-6-13-4-2-10-22-13/h1-5,10-11,18H,6-9H2,(H,17,19). The van der Waals surface area contributed by atoms with Gasteiger partial charge in [-0.2, -0.15) is 0 Å². The number of rotatable bonds is 8. The number of halogens is 1. The first-order valence-electron chi connectivity index (χ1n) is 7.02. The predicted molar refractivity (Wildman–Crippen MR) is 92.3 cm³/mol. The Morgan fingerprint density at radius 1 is 1.17 bits per heavy atom. The smallest absolute Gasteiger partial charge is 0.240 e. The van der Waals surface area contributed by atoms with Crippen LogP contribution in [0.1, 0.15) is 11.3 Å². The summed E-state index contributed by atoms with van der Waals surface area (Å²) < 4.78 is 26.5. The lowest BCUT2D eigenvalue weighted by Gasteiger charge is -2.08. The lowest BCUT2D eigenvalue weighted by molar-refractivity contribution is -0.121. The van der Waals surface area contributed by atoms with Gasteiger partial charge in [0.1, 0.15) is 0 Å². The molecule has 124 valence electrons. The zero-order valence-corrected chi connectivity index (χ0v) is 14.7. The van der Waals surface area contributed by atoms with Crippen LogP contribution in [0.5, 0.6) is 0 Å². The van der Waals surface area contributed by atoms with Crippen molar-refractivity contribution >= 4 is 38.9 Å². The number of thiophene rings is 1. The zero-order valence-electron chi connectivity index (χ0n) is 12.3. The van der Waals surface area contributed by atoms with E-state index in [1.165, 1.54) is 12.1 Å². The van der Waals surface area contributed by atoms with Crippen molar-refractivity contribution in [2.45, 2.75) is 17.7 Å². The molecule has 1 aromatic heterocycles. The zero-order chi connectivity index (χ0) is 16.7. The summed E-state index contributed by atoms with van der Waals surface area (Å²) >= 11 is 7.40. The van der Waals surface area contributed by atoms with Gasteiger partial charge in [0, 0.05) is 29.4 Å². The molecule has 0 bridgehead atoms. The van der Waals surface area contributed by atoms with Gasteiger partial charge < -0.3 is 5.32 Å². The van der Waals surface area contributed by atoms with Crippen molar-refractivity contribution in [1.29, 1.82) is 0 Å². The van der Waals surface area contributed by atoms with Crippen LogP contribution in [0.3, 0.4) is 0 Å². The first-order chi connectivity index (χ1) is 11.0. The topological polar surface area (TPSA) is 75.3 Å². The molecule has 0 aliphatic heterocycles. The lowest BCUT2D eigenvalue weighted by atomic mass is 10.2. The highest BCUT2D eigenvalue weighted by Gasteiger charge is 2.13. The summed E-state index contributed by atoms with van der Waals surface area (Å²) in [6, 6.07) is 9.95. The Morgan fingerprint density at radius 3 is 2.70 bits per heavy atom. The van der Waals surface area contributed by atoms with Crippen LogP contribution in [-0.4, -0.2) is 27.4 Å². The Kier molecular flexibility index (Phi) is 6.59. The molecule has 2 N–H and O–H groups in total. The molecule has 23 heavy (non-hydrogen) atoms. The number of amides is 1. The monoisotopic (exact) mass is 372 g/mol. The van der Waals surface area contributed by atoms with Gasteiger partial charge in [-0.1, -0.05) is 23.7 Å². The maximum Gasteiger partial charge on any atom is 0.240 e. The number of hydrogen-bond donors (Lipinski definition) is 2. The van der Waals surface area contributed by atoms with E-state index in [1.807, 2.05) is 17.5 Å². The number of nitrogens with one attached hydrogen (secondary N) is 2. The van der Waals surface area contributed by atoms with Crippen LogP contribution < -0.4 is 10.0 Å². The Balaban J connectivity index is 1.71. The first kappa shape index (κ1) is 17.9. The summed E-state index contributed by atoms with van der Waals surface area (Å²) in [5, 5.41) is 5.02. The van der Waals surface area contributed by atoms with Crippen molar-refractivity contribution in [3.8, 4) is 0 Å². The summed E-state index contributed by atoms with van der Waals surface area (Å²) in [6.45, 7) is 0.364. The lowest BCUT2D eigenvalue weighted by Crippen LogP contribution is -2.34. The van der Waals surface area contributed by atoms with Crippen LogP contribution >= 0.6 is 22.9 Å². The predicted octanol–water partition coefficient (Wildman–Crippen LogP) is 2.43. The highest BCUT2D eigenvalue weighted by Crippen LogP contribution is 2.14. The number of hydrogen-bond acceptors (Lipinski definition) is 4. The van der Waals surface area contributed by atoms with Crippen LogP contribution in [-0.2, 0) is 21.2 Å². The molecule has 0 aliphatic carbocycles. The maximum absolute atomic E-state index is 12.0. The SMILES string of the molecule is O=C(CCc1cccs1)NCCNS(=O)(=O)c1cccc(Cl)c1. The average molecular weight is 373 g/mol. The third-order valence-corrected chi connectivity index (χ3v) is 5.65. The van der Waals surface area contributed by atoms with Gasteiger partial charge in [-0.15, -0.1) is 11.3 Å². The molecule has 5 nitrogen and oxygen atoms in total. The number of benzene rings is 1. The van der Waals surface area contributed by atoms with Crippen molar-refractivity contribution in [2.24, 2.45) is 0 Å². The maximum atomic E-state index is 12.0. The van der Waals surface area contributed by atoms with E-state index >= 15 is 0 Å². The average Bonchev–Trinajstić information content (AvgIpc) is 3.03. The van der Waals surface area contributed by atoms with Crippen molar-refractivity contribution in [3.05, 3.63) is 51.7 Å². The van der Waals surface area contributed by atoms with Gasteiger partial charge in [0.25, 0.3) is 0 Å². The molecule has 0 spiro atoms. The highest BCUT2D eigenvalue weighted by molar-refractivity contribution is 7.89. The molecule has 1 heterocycles. The summed E-state index contributed by atoms with van der Waals surface area (Å²) in [4.78, 5) is 12.9. The van der Waals surface area contributed by atoms with Crippen LogP contribution in [0.4, 0.5) is 0 Å². The van der Waals surface area contributed by atoms with Crippen molar-refractivity contribution in [1.82, 2.24) is 10.0 Å². The van der Waals surface area contributed by atoms with E-state index in [0.29, 0.717) is 17.9 Å². The minimum absolute atomic E-state index is 0.0969. The molecule has 1 aromatic carbocycles. The van der Waals surface area contributed by atoms with Gasteiger partial charge in [-0.25, -0.2) is 13.1 Å². The van der Waals surface area contributed by atoms with Gasteiger partial charge in [-0.3, -0.25) is 4.79 Å². The van der Waals surface area contributed by atoms with Gasteiger partial charge in [0.2, 0.25) is 15.9 Å². The molecule has 0 aliphatic rings. The molecular formula is C15H17ClN2O3S2. The Hall–Kier alpha value is -1.41. The Morgan fingerprint density at radius 2 is 2.00 bits per heavy atom.